The first kappa shape index (κ1) is 19.4. The average molecular weight is 419 g/mol. The second kappa shape index (κ2) is 7.92. The number of nitrogens with zero attached hydrogens (tertiary/aromatic N) is 1. The Balaban J connectivity index is 1.35. The van der Waals surface area contributed by atoms with Crippen molar-refractivity contribution in [2.45, 2.75) is 13.0 Å². The molecule has 0 aliphatic carbocycles. The number of allylic oxidation sites excluding steroid dienone is 1. The van der Waals surface area contributed by atoms with Crippen LogP contribution in [0.15, 0.2) is 59.9 Å². The van der Waals surface area contributed by atoms with E-state index in [1.54, 1.807) is 29.2 Å². The van der Waals surface area contributed by atoms with Gasteiger partial charge in [-0.15, -0.1) is 0 Å². The third-order valence-corrected chi connectivity index (χ3v) is 5.43. The number of carbonyl (C=O) groups excluding carboxylic acids is 2. The fourth-order valence-electron chi connectivity index (χ4n) is 3.71. The number of fused-ring (bicyclic) bond motifs is 2. The highest BCUT2D eigenvalue weighted by molar-refractivity contribution is 6.12. The van der Waals surface area contributed by atoms with Crippen molar-refractivity contribution in [3.63, 3.8) is 0 Å². The van der Waals surface area contributed by atoms with Crippen LogP contribution < -0.4 is 14.2 Å². The lowest BCUT2D eigenvalue weighted by atomic mass is 10.0. The number of hydrogen-bond donors (Lipinski definition) is 0. The summed E-state index contributed by atoms with van der Waals surface area (Å²) >= 11 is 0. The minimum atomic E-state index is -0.444. The predicted molar refractivity (Wildman–Crippen MR) is 112 cm³/mol. The molecule has 0 radical (unpaired) electrons. The molecule has 158 valence electrons. The van der Waals surface area contributed by atoms with Crippen molar-refractivity contribution >= 4 is 18.0 Å². The van der Waals surface area contributed by atoms with Gasteiger partial charge in [-0.1, -0.05) is 18.2 Å². The predicted octanol–water partition coefficient (Wildman–Crippen LogP) is 3.84. The highest BCUT2D eigenvalue weighted by Crippen LogP contribution is 2.36. The van der Waals surface area contributed by atoms with Crippen molar-refractivity contribution in [1.82, 2.24) is 4.90 Å². The van der Waals surface area contributed by atoms with Gasteiger partial charge < -0.3 is 23.8 Å². The van der Waals surface area contributed by atoms with Gasteiger partial charge in [-0.25, -0.2) is 4.79 Å². The number of ether oxygens (including phenoxy) is 4. The van der Waals surface area contributed by atoms with E-state index in [1.165, 1.54) is 0 Å². The van der Waals surface area contributed by atoms with Gasteiger partial charge in [0.2, 0.25) is 5.78 Å². The molecule has 2 aromatic rings. The van der Waals surface area contributed by atoms with Crippen LogP contribution in [0, 0.1) is 0 Å². The molecular weight excluding hydrogens is 398 g/mol. The summed E-state index contributed by atoms with van der Waals surface area (Å²) in [5.74, 6) is 1.51. The zero-order chi connectivity index (χ0) is 21.4. The molecule has 2 aromatic carbocycles. The molecule has 0 aromatic heterocycles. The summed E-state index contributed by atoms with van der Waals surface area (Å²) in [6.45, 7) is 3.89. The fourth-order valence-corrected chi connectivity index (χ4v) is 3.71. The fraction of sp³-hybridized carbons (Fsp3) is 0.250. The monoisotopic (exact) mass is 419 g/mol. The molecule has 1 amide bonds. The molecule has 0 spiro atoms. The van der Waals surface area contributed by atoms with E-state index in [0.717, 1.165) is 16.9 Å². The molecule has 1 saturated heterocycles. The van der Waals surface area contributed by atoms with Gasteiger partial charge in [0.1, 0.15) is 23.4 Å². The molecule has 3 aliphatic rings. The van der Waals surface area contributed by atoms with Gasteiger partial charge in [-0.3, -0.25) is 4.79 Å². The minimum absolute atomic E-state index is 0.215. The van der Waals surface area contributed by atoms with Gasteiger partial charge in [0, 0.05) is 24.7 Å². The topological polar surface area (TPSA) is 74.3 Å². The SMILES string of the molecule is C[C@@H]1Oc2ccccc2C=C1C=C1Oc2cc(OC(=O)N3CCOCC3)ccc2C1=O. The lowest BCUT2D eigenvalue weighted by Crippen LogP contribution is -2.42. The number of rotatable bonds is 2. The number of ketones is 1. The van der Waals surface area contributed by atoms with Crippen LogP contribution in [0.2, 0.25) is 0 Å². The molecule has 1 atom stereocenters. The normalized spacial score (nSPS) is 21.0. The smallest absolute Gasteiger partial charge is 0.415 e. The number of benzene rings is 2. The van der Waals surface area contributed by atoms with Crippen LogP contribution in [0.3, 0.4) is 0 Å². The van der Waals surface area contributed by atoms with E-state index in [2.05, 4.69) is 0 Å². The van der Waals surface area contributed by atoms with E-state index in [9.17, 15) is 9.59 Å². The maximum Gasteiger partial charge on any atom is 0.415 e. The Morgan fingerprint density at radius 1 is 1.13 bits per heavy atom. The summed E-state index contributed by atoms with van der Waals surface area (Å²) < 4.78 is 22.4. The molecule has 7 nitrogen and oxygen atoms in total. The van der Waals surface area contributed by atoms with Crippen LogP contribution in [0.1, 0.15) is 22.8 Å². The van der Waals surface area contributed by atoms with Crippen LogP contribution in [0.25, 0.3) is 6.08 Å². The number of hydrogen-bond acceptors (Lipinski definition) is 6. The van der Waals surface area contributed by atoms with Gasteiger partial charge in [-0.05, 0) is 42.8 Å². The van der Waals surface area contributed by atoms with Crippen LogP contribution in [0.4, 0.5) is 4.79 Å². The highest BCUT2D eigenvalue weighted by atomic mass is 16.6. The molecule has 0 saturated carbocycles. The summed E-state index contributed by atoms with van der Waals surface area (Å²) in [5, 5.41) is 0. The summed E-state index contributed by atoms with van der Waals surface area (Å²) in [4.78, 5) is 26.7. The first-order chi connectivity index (χ1) is 15.1. The zero-order valence-electron chi connectivity index (χ0n) is 17.0. The molecule has 31 heavy (non-hydrogen) atoms. The standard InChI is InChI=1S/C24H21NO6/c1-15-17(12-16-4-2-3-5-20(16)29-15)13-22-23(26)19-7-6-18(14-21(19)31-22)30-24(27)25-8-10-28-11-9-25/h2-7,12-15H,8-11H2,1H3/t15-/m0/s1. The molecule has 7 heteroatoms. The summed E-state index contributed by atoms with van der Waals surface area (Å²) in [6.07, 6.45) is 3.04. The number of carbonyl (C=O) groups is 2. The van der Waals surface area contributed by atoms with Crippen molar-refractivity contribution < 1.29 is 28.5 Å². The maximum atomic E-state index is 12.8. The van der Waals surface area contributed by atoms with E-state index in [0.29, 0.717) is 43.4 Å². The van der Waals surface area contributed by atoms with Gasteiger partial charge in [0.05, 0.1) is 18.8 Å². The Morgan fingerprint density at radius 3 is 2.77 bits per heavy atom. The van der Waals surface area contributed by atoms with Gasteiger partial charge in [0.25, 0.3) is 0 Å². The third kappa shape index (κ3) is 3.80. The second-order valence-electron chi connectivity index (χ2n) is 7.51. The Hall–Kier alpha value is -3.58. The quantitative estimate of drug-likeness (QED) is 0.689. The van der Waals surface area contributed by atoms with E-state index in [1.807, 2.05) is 37.3 Å². The van der Waals surface area contributed by atoms with Crippen molar-refractivity contribution in [3.8, 4) is 17.2 Å². The van der Waals surface area contributed by atoms with E-state index in [4.69, 9.17) is 18.9 Å². The molecule has 0 unspecified atom stereocenters. The van der Waals surface area contributed by atoms with Crippen molar-refractivity contribution in [3.05, 3.63) is 71.0 Å². The second-order valence-corrected chi connectivity index (χ2v) is 7.51. The lowest BCUT2D eigenvalue weighted by Gasteiger charge is -2.25. The summed E-state index contributed by atoms with van der Waals surface area (Å²) in [5.41, 5.74) is 2.23. The van der Waals surface area contributed by atoms with E-state index in [-0.39, 0.29) is 17.6 Å². The van der Waals surface area contributed by atoms with Crippen LogP contribution >= 0.6 is 0 Å². The van der Waals surface area contributed by atoms with Crippen molar-refractivity contribution in [1.29, 1.82) is 0 Å². The Kier molecular flexibility index (Phi) is 4.95. The average Bonchev–Trinajstić information content (AvgIpc) is 3.09. The Bertz CT molecular complexity index is 1110. The number of morpholine rings is 1. The van der Waals surface area contributed by atoms with Gasteiger partial charge in [0.15, 0.2) is 5.76 Å². The summed E-state index contributed by atoms with van der Waals surface area (Å²) in [7, 11) is 0. The van der Waals surface area contributed by atoms with Crippen molar-refractivity contribution in [2.24, 2.45) is 0 Å². The maximum absolute atomic E-state index is 12.8. The Morgan fingerprint density at radius 2 is 1.94 bits per heavy atom. The van der Waals surface area contributed by atoms with Gasteiger partial charge in [-0.2, -0.15) is 0 Å². The Labute approximate surface area is 179 Å². The van der Waals surface area contributed by atoms with E-state index < -0.39 is 6.09 Å². The molecule has 3 heterocycles. The minimum Gasteiger partial charge on any atom is -0.485 e. The molecule has 0 bridgehead atoms. The van der Waals surface area contributed by atoms with Crippen LogP contribution in [0.5, 0.6) is 17.2 Å². The lowest BCUT2D eigenvalue weighted by molar-refractivity contribution is 0.0416. The highest BCUT2D eigenvalue weighted by Gasteiger charge is 2.30. The molecule has 3 aliphatic heterocycles. The van der Waals surface area contributed by atoms with E-state index >= 15 is 0 Å². The first-order valence-corrected chi connectivity index (χ1v) is 10.2. The van der Waals surface area contributed by atoms with Crippen molar-refractivity contribution in [2.75, 3.05) is 26.3 Å². The number of para-hydroxylation sites is 1. The molecular formula is C24H21NO6. The zero-order valence-corrected chi connectivity index (χ0v) is 17.0. The van der Waals surface area contributed by atoms with Crippen LogP contribution in [-0.4, -0.2) is 49.2 Å². The molecule has 0 N–H and O–H groups in total. The third-order valence-electron chi connectivity index (χ3n) is 5.43. The van der Waals surface area contributed by atoms with Gasteiger partial charge >= 0.3 is 6.09 Å². The van der Waals surface area contributed by atoms with Crippen LogP contribution in [-0.2, 0) is 4.74 Å². The molecule has 5 rings (SSSR count). The molecule has 1 fully saturated rings. The largest absolute Gasteiger partial charge is 0.485 e. The number of amides is 1. The number of Topliss-reactive ketones (excluding diaryl/α,β-unsaturated/α-hetero) is 1. The first-order valence-electron chi connectivity index (χ1n) is 10.2. The summed E-state index contributed by atoms with van der Waals surface area (Å²) in [6, 6.07) is 12.5.